The molecule has 0 saturated carbocycles. The van der Waals surface area contributed by atoms with Gasteiger partial charge in [0.1, 0.15) is 6.04 Å². The fourth-order valence-electron chi connectivity index (χ4n) is 4.12. The van der Waals surface area contributed by atoms with Crippen molar-refractivity contribution in [1.82, 2.24) is 30.4 Å². The molecule has 2 aromatic heterocycles. The third-order valence-corrected chi connectivity index (χ3v) is 6.79. The van der Waals surface area contributed by atoms with Crippen LogP contribution < -0.4 is 40.0 Å². The van der Waals surface area contributed by atoms with E-state index in [2.05, 4.69) is 33.0 Å². The van der Waals surface area contributed by atoms with Gasteiger partial charge in [0, 0.05) is 49.9 Å². The van der Waals surface area contributed by atoms with Crippen LogP contribution in [0.1, 0.15) is 47.1 Å². The molecule has 1 unspecified atom stereocenters. The summed E-state index contributed by atoms with van der Waals surface area (Å²) < 4.78 is 1.65. The second-order valence-corrected chi connectivity index (χ2v) is 9.26. The number of rotatable bonds is 11. The number of carbonyl (C=O) groups is 2. The van der Waals surface area contributed by atoms with E-state index < -0.39 is 24.5 Å². The van der Waals surface area contributed by atoms with Gasteiger partial charge in [-0.25, -0.2) is 4.68 Å². The molecule has 180 valence electrons. The van der Waals surface area contributed by atoms with E-state index in [0.717, 1.165) is 17.8 Å². The average molecular weight is 507 g/mol. The Hall–Kier alpha value is -2.15. The molecule has 1 aliphatic rings. The predicted molar refractivity (Wildman–Crippen MR) is 122 cm³/mol. The fourth-order valence-corrected chi connectivity index (χ4v) is 4.91. The Balaban J connectivity index is 0.00000342. The topological polar surface area (TPSA) is 136 Å². The summed E-state index contributed by atoms with van der Waals surface area (Å²) in [6, 6.07) is 11.6. The zero-order chi connectivity index (χ0) is 23.9. The van der Waals surface area contributed by atoms with Crippen LogP contribution in [0.4, 0.5) is 0 Å². The minimum Gasteiger partial charge on any atom is -0.550 e. The van der Waals surface area contributed by atoms with Crippen molar-refractivity contribution in [3.63, 3.8) is 0 Å². The van der Waals surface area contributed by atoms with Gasteiger partial charge in [-0.2, -0.15) is 0 Å². The van der Waals surface area contributed by atoms with Crippen LogP contribution in [0.25, 0.3) is 0 Å². The molecule has 2 N–H and O–H groups in total. The molecule has 2 atom stereocenters. The van der Waals surface area contributed by atoms with Crippen LogP contribution in [-0.2, 0) is 29.1 Å². The van der Waals surface area contributed by atoms with E-state index in [1.807, 2.05) is 34.5 Å². The summed E-state index contributed by atoms with van der Waals surface area (Å²) in [7, 11) is 0. The molecule has 0 aliphatic carbocycles. The van der Waals surface area contributed by atoms with Crippen molar-refractivity contribution < 1.29 is 49.4 Å². The molecule has 1 aromatic carbocycles. The number of amides is 1. The smallest absolute Gasteiger partial charge is 0.550 e. The standard InChI is InChI=1S/C23H28N6O4S.Na/c30-18(13-21(32)33)14-24-22(19-7-4-12-34-19)23-25-26-27-29(23)10-3-8-20(31)28-11-9-16-5-1-2-6-17(16)15-28;/h1-2,4-7,12,18,22,24,30H,3,8-11,13-15H2,(H,32,33);/q;+1/p-1/t18?,22-;/m0./s1. The van der Waals surface area contributed by atoms with Gasteiger partial charge in [0.25, 0.3) is 0 Å². The van der Waals surface area contributed by atoms with E-state index in [1.165, 1.54) is 22.5 Å². The summed E-state index contributed by atoms with van der Waals surface area (Å²) in [5, 5.41) is 37.8. The molecule has 3 heterocycles. The summed E-state index contributed by atoms with van der Waals surface area (Å²) in [6.45, 7) is 1.87. The van der Waals surface area contributed by atoms with Gasteiger partial charge in [0.05, 0.1) is 6.10 Å². The first kappa shape index (κ1) is 27.4. The zero-order valence-electron chi connectivity index (χ0n) is 19.7. The van der Waals surface area contributed by atoms with Crippen LogP contribution in [0, 0.1) is 0 Å². The normalized spacial score (nSPS) is 14.6. The molecule has 10 nitrogen and oxygen atoms in total. The van der Waals surface area contributed by atoms with Crippen LogP contribution in [0.3, 0.4) is 0 Å². The first-order valence-electron chi connectivity index (χ1n) is 11.3. The molecule has 4 rings (SSSR count). The second-order valence-electron chi connectivity index (χ2n) is 8.28. The Morgan fingerprint density at radius 2 is 2.00 bits per heavy atom. The molecular weight excluding hydrogens is 479 g/mol. The SMILES string of the molecule is O=C([O-])CC(O)CN[C@@H](c1cccs1)c1nnnn1CCCC(=O)N1CCc2ccccc2C1.[Na+]. The Morgan fingerprint density at radius 1 is 1.20 bits per heavy atom. The predicted octanol–water partition coefficient (Wildman–Crippen LogP) is -2.72. The maximum Gasteiger partial charge on any atom is 1.00 e. The zero-order valence-corrected chi connectivity index (χ0v) is 22.5. The second kappa shape index (κ2) is 13.2. The van der Waals surface area contributed by atoms with Gasteiger partial charge in [0.15, 0.2) is 5.82 Å². The van der Waals surface area contributed by atoms with Crippen LogP contribution in [-0.4, -0.2) is 61.3 Å². The van der Waals surface area contributed by atoms with Crippen molar-refractivity contribution >= 4 is 23.2 Å². The first-order chi connectivity index (χ1) is 16.5. The largest absolute Gasteiger partial charge is 1.00 e. The molecule has 0 saturated heterocycles. The fraction of sp³-hybridized carbons (Fsp3) is 0.435. The summed E-state index contributed by atoms with van der Waals surface area (Å²) >= 11 is 1.50. The molecule has 0 bridgehead atoms. The summed E-state index contributed by atoms with van der Waals surface area (Å²) in [6.07, 6.45) is 0.293. The number of aliphatic carboxylic acids is 1. The maximum atomic E-state index is 12.8. The third kappa shape index (κ3) is 7.42. The Bertz CT molecular complexity index is 1110. The molecule has 12 heteroatoms. The number of benzene rings is 1. The van der Waals surface area contributed by atoms with Crippen LogP contribution in [0.5, 0.6) is 0 Å². The van der Waals surface area contributed by atoms with Crippen molar-refractivity contribution in [2.75, 3.05) is 13.1 Å². The van der Waals surface area contributed by atoms with E-state index in [9.17, 15) is 19.8 Å². The minimum absolute atomic E-state index is 0. The number of hydrogen-bond donors (Lipinski definition) is 2. The molecule has 1 amide bonds. The number of nitrogens with zero attached hydrogens (tertiary/aromatic N) is 5. The molecule has 0 fully saturated rings. The van der Waals surface area contributed by atoms with E-state index >= 15 is 0 Å². The van der Waals surface area contributed by atoms with Crippen LogP contribution in [0.2, 0.25) is 0 Å². The number of aryl methyl sites for hydroxylation is 1. The summed E-state index contributed by atoms with van der Waals surface area (Å²) in [4.78, 5) is 26.4. The number of carbonyl (C=O) groups excluding carboxylic acids is 2. The van der Waals surface area contributed by atoms with Crippen molar-refractivity contribution in [1.29, 1.82) is 0 Å². The van der Waals surface area contributed by atoms with E-state index in [-0.39, 0.29) is 42.0 Å². The number of aliphatic hydroxyl groups excluding tert-OH is 1. The van der Waals surface area contributed by atoms with Crippen LogP contribution in [0.15, 0.2) is 41.8 Å². The number of carboxylic acid groups (broad SMARTS) is 1. The Morgan fingerprint density at radius 3 is 2.74 bits per heavy atom. The molecule has 0 radical (unpaired) electrons. The van der Waals surface area contributed by atoms with Crippen molar-refractivity contribution in [3.8, 4) is 0 Å². The van der Waals surface area contributed by atoms with Gasteiger partial charge in [-0.1, -0.05) is 30.3 Å². The van der Waals surface area contributed by atoms with Crippen LogP contribution >= 0.6 is 11.3 Å². The Labute approximate surface area is 229 Å². The number of carboxylic acids is 1. The molecular formula is C23H27N6NaO4S. The number of aliphatic hydroxyl groups is 1. The number of aromatic nitrogens is 4. The number of fused-ring (bicyclic) bond motifs is 1. The van der Waals surface area contributed by atoms with Crippen molar-refractivity contribution in [2.45, 2.75) is 50.9 Å². The van der Waals surface area contributed by atoms with Gasteiger partial charge < -0.3 is 25.2 Å². The van der Waals surface area contributed by atoms with Crippen molar-refractivity contribution in [3.05, 3.63) is 63.6 Å². The Kier molecular flexibility index (Phi) is 10.4. The van der Waals surface area contributed by atoms with Crippen molar-refractivity contribution in [2.24, 2.45) is 0 Å². The molecule has 0 spiro atoms. The number of nitrogens with one attached hydrogen (secondary N) is 1. The number of hydrogen-bond acceptors (Lipinski definition) is 9. The van der Waals surface area contributed by atoms with Gasteiger partial charge >= 0.3 is 29.6 Å². The molecule has 1 aliphatic heterocycles. The molecule has 35 heavy (non-hydrogen) atoms. The van der Waals surface area contributed by atoms with Gasteiger partial charge in [-0.05, 0) is 45.8 Å². The third-order valence-electron chi connectivity index (χ3n) is 5.85. The first-order valence-corrected chi connectivity index (χ1v) is 12.1. The number of tetrazole rings is 1. The maximum absolute atomic E-state index is 12.8. The van der Waals surface area contributed by atoms with E-state index in [1.54, 1.807) is 4.68 Å². The van der Waals surface area contributed by atoms with E-state index in [0.29, 0.717) is 31.8 Å². The van der Waals surface area contributed by atoms with Gasteiger partial charge in [-0.3, -0.25) is 4.79 Å². The quantitative estimate of drug-likeness (QED) is 0.268. The number of thiophene rings is 1. The summed E-state index contributed by atoms with van der Waals surface area (Å²) in [5.74, 6) is -0.654. The van der Waals surface area contributed by atoms with Gasteiger partial charge in [-0.15, -0.1) is 16.4 Å². The minimum atomic E-state index is -1.31. The van der Waals surface area contributed by atoms with E-state index in [4.69, 9.17) is 0 Å². The molecule has 3 aromatic rings. The monoisotopic (exact) mass is 506 g/mol. The summed E-state index contributed by atoms with van der Waals surface area (Å²) in [5.41, 5.74) is 2.51. The average Bonchev–Trinajstić information content (AvgIpc) is 3.51. The van der Waals surface area contributed by atoms with Gasteiger partial charge in [0.2, 0.25) is 5.91 Å².